The van der Waals surface area contributed by atoms with Gasteiger partial charge in [0, 0.05) is 22.0 Å². The van der Waals surface area contributed by atoms with Gasteiger partial charge < -0.3 is 9.94 Å². The minimum atomic E-state index is -0.901. The first-order chi connectivity index (χ1) is 8.02. The minimum absolute atomic E-state index is 0.0354. The first-order valence-electron chi connectivity index (χ1n) is 4.81. The Hall–Kier alpha value is -1.26. The van der Waals surface area contributed by atoms with Crippen LogP contribution in [0, 0.1) is 0 Å². The second kappa shape index (κ2) is 6.47. The van der Waals surface area contributed by atoms with Gasteiger partial charge in [-0.2, -0.15) is 0 Å². The average Bonchev–Trinajstić information content (AvgIpc) is 2.22. The van der Waals surface area contributed by atoms with Crippen molar-refractivity contribution in [2.45, 2.75) is 12.8 Å². The summed E-state index contributed by atoms with van der Waals surface area (Å²) in [6.07, 6.45) is 0.214. The molecule has 0 atom stereocenters. The topological polar surface area (TPSA) is 58.9 Å². The summed E-state index contributed by atoms with van der Waals surface area (Å²) in [5.41, 5.74) is 1.16. The number of nitrogens with zero attached hydrogens (tertiary/aromatic N) is 1. The number of aliphatic carboxylic acids is 1. The van der Waals surface area contributed by atoms with E-state index in [1.54, 1.807) is 18.2 Å². The zero-order valence-corrected chi connectivity index (χ0v) is 10.6. The summed E-state index contributed by atoms with van der Waals surface area (Å²) < 4.78 is 0. The van der Waals surface area contributed by atoms with Crippen LogP contribution >= 0.6 is 23.2 Å². The van der Waals surface area contributed by atoms with Gasteiger partial charge in [0.25, 0.3) is 0 Å². The standard InChI is InChI=1S/C11H11Cl2NO3/c1-17-14-10(2-3-11(15)16)7-4-8(12)6-9(13)5-7/h4-6H,2-3H2,1H3,(H,15,16)/b14-10-. The first-order valence-corrected chi connectivity index (χ1v) is 5.57. The first kappa shape index (κ1) is 13.8. The van der Waals surface area contributed by atoms with Gasteiger partial charge in [-0.1, -0.05) is 28.4 Å². The molecule has 0 aliphatic rings. The third-order valence-electron chi connectivity index (χ3n) is 1.97. The lowest BCUT2D eigenvalue weighted by Crippen LogP contribution is -2.06. The molecule has 0 unspecified atom stereocenters. The van der Waals surface area contributed by atoms with Crippen molar-refractivity contribution in [3.63, 3.8) is 0 Å². The Kier molecular flexibility index (Phi) is 5.25. The van der Waals surface area contributed by atoms with Crippen molar-refractivity contribution in [2.24, 2.45) is 5.16 Å². The number of carboxylic acid groups (broad SMARTS) is 1. The zero-order chi connectivity index (χ0) is 12.8. The minimum Gasteiger partial charge on any atom is -0.481 e. The van der Waals surface area contributed by atoms with E-state index in [1.165, 1.54) is 7.11 Å². The molecule has 1 aromatic carbocycles. The highest BCUT2D eigenvalue weighted by molar-refractivity contribution is 6.35. The second-order valence-electron chi connectivity index (χ2n) is 3.27. The number of rotatable bonds is 5. The van der Waals surface area contributed by atoms with Crippen LogP contribution in [0.3, 0.4) is 0 Å². The van der Waals surface area contributed by atoms with Crippen LogP contribution in [-0.4, -0.2) is 23.9 Å². The molecule has 1 aromatic rings. The number of hydrogen-bond donors (Lipinski definition) is 1. The molecule has 0 aliphatic carbocycles. The number of carbonyl (C=O) groups is 1. The molecule has 0 spiro atoms. The molecule has 1 N–H and O–H groups in total. The van der Waals surface area contributed by atoms with Crippen LogP contribution in [0.15, 0.2) is 23.4 Å². The van der Waals surface area contributed by atoms with Crippen LogP contribution in [-0.2, 0) is 9.63 Å². The van der Waals surface area contributed by atoms with Crippen LogP contribution in [0.1, 0.15) is 18.4 Å². The van der Waals surface area contributed by atoms with Gasteiger partial charge in [-0.3, -0.25) is 4.79 Å². The summed E-state index contributed by atoms with van der Waals surface area (Å²) >= 11 is 11.7. The predicted molar refractivity (Wildman–Crippen MR) is 66.9 cm³/mol. The Labute approximate surface area is 109 Å². The lowest BCUT2D eigenvalue weighted by Gasteiger charge is -2.05. The van der Waals surface area contributed by atoms with Gasteiger partial charge in [-0.25, -0.2) is 0 Å². The molecule has 0 heterocycles. The van der Waals surface area contributed by atoms with Crippen molar-refractivity contribution < 1.29 is 14.7 Å². The number of hydrogen-bond acceptors (Lipinski definition) is 3. The Morgan fingerprint density at radius 3 is 2.35 bits per heavy atom. The van der Waals surface area contributed by atoms with Gasteiger partial charge in [-0.15, -0.1) is 0 Å². The van der Waals surface area contributed by atoms with E-state index in [-0.39, 0.29) is 12.8 Å². The third-order valence-corrected chi connectivity index (χ3v) is 2.41. The fraction of sp³-hybridized carbons (Fsp3) is 0.273. The fourth-order valence-corrected chi connectivity index (χ4v) is 1.82. The third kappa shape index (κ3) is 4.63. The van der Waals surface area contributed by atoms with E-state index in [1.807, 2.05) is 0 Å². The number of halogens is 2. The van der Waals surface area contributed by atoms with E-state index in [4.69, 9.17) is 28.3 Å². The summed E-state index contributed by atoms with van der Waals surface area (Å²) in [4.78, 5) is 15.2. The van der Waals surface area contributed by atoms with E-state index in [2.05, 4.69) is 9.99 Å². The van der Waals surface area contributed by atoms with Gasteiger partial charge in [-0.05, 0) is 18.2 Å². The summed E-state index contributed by atoms with van der Waals surface area (Å²) in [5, 5.41) is 13.4. The molecule has 6 heteroatoms. The molecule has 0 saturated heterocycles. The molecular formula is C11H11Cl2NO3. The van der Waals surface area contributed by atoms with Gasteiger partial charge in [0.1, 0.15) is 7.11 Å². The van der Waals surface area contributed by atoms with Crippen molar-refractivity contribution in [3.05, 3.63) is 33.8 Å². The zero-order valence-electron chi connectivity index (χ0n) is 9.11. The largest absolute Gasteiger partial charge is 0.481 e. The SMILES string of the molecule is CO/N=C(/CCC(=O)O)c1cc(Cl)cc(Cl)c1. The van der Waals surface area contributed by atoms with Gasteiger partial charge in [0.2, 0.25) is 0 Å². The van der Waals surface area contributed by atoms with Crippen LogP contribution in [0.2, 0.25) is 10.0 Å². The van der Waals surface area contributed by atoms with Crippen LogP contribution in [0.5, 0.6) is 0 Å². The van der Waals surface area contributed by atoms with Crippen LogP contribution in [0.4, 0.5) is 0 Å². The Morgan fingerprint density at radius 1 is 1.29 bits per heavy atom. The van der Waals surface area contributed by atoms with Crippen molar-refractivity contribution in [1.29, 1.82) is 0 Å². The molecule has 92 valence electrons. The van der Waals surface area contributed by atoms with Gasteiger partial charge in [0.15, 0.2) is 0 Å². The molecule has 0 bridgehead atoms. The van der Waals surface area contributed by atoms with Crippen molar-refractivity contribution in [2.75, 3.05) is 7.11 Å². The highest BCUT2D eigenvalue weighted by Gasteiger charge is 2.09. The van der Waals surface area contributed by atoms with E-state index in [0.717, 1.165) is 0 Å². The average molecular weight is 276 g/mol. The molecule has 0 saturated carbocycles. The normalized spacial score (nSPS) is 11.4. The molecule has 0 fully saturated rings. The molecule has 4 nitrogen and oxygen atoms in total. The van der Waals surface area contributed by atoms with Gasteiger partial charge in [0.05, 0.1) is 12.1 Å². The highest BCUT2D eigenvalue weighted by atomic mass is 35.5. The summed E-state index contributed by atoms with van der Waals surface area (Å²) in [5.74, 6) is -0.901. The molecular weight excluding hydrogens is 265 g/mol. The smallest absolute Gasteiger partial charge is 0.303 e. The predicted octanol–water partition coefficient (Wildman–Crippen LogP) is 3.21. The number of benzene rings is 1. The number of carboxylic acids is 1. The summed E-state index contributed by atoms with van der Waals surface area (Å²) in [6.45, 7) is 0. The van der Waals surface area contributed by atoms with Gasteiger partial charge >= 0.3 is 5.97 Å². The maximum Gasteiger partial charge on any atom is 0.303 e. The van der Waals surface area contributed by atoms with E-state index in [9.17, 15) is 4.79 Å². The quantitative estimate of drug-likeness (QED) is 0.663. The Bertz CT molecular complexity index is 426. The van der Waals surface area contributed by atoms with Crippen LogP contribution in [0.25, 0.3) is 0 Å². The molecule has 0 amide bonds. The maximum absolute atomic E-state index is 10.5. The Balaban J connectivity index is 2.97. The molecule has 0 aliphatic heterocycles. The monoisotopic (exact) mass is 275 g/mol. The number of oxime groups is 1. The molecule has 0 radical (unpaired) electrons. The van der Waals surface area contributed by atoms with E-state index < -0.39 is 5.97 Å². The molecule has 0 aromatic heterocycles. The summed E-state index contributed by atoms with van der Waals surface area (Å²) in [6, 6.07) is 4.91. The van der Waals surface area contributed by atoms with Crippen LogP contribution < -0.4 is 0 Å². The Morgan fingerprint density at radius 2 is 1.88 bits per heavy atom. The van der Waals surface area contributed by atoms with Crippen molar-refractivity contribution in [3.8, 4) is 0 Å². The van der Waals surface area contributed by atoms with E-state index in [0.29, 0.717) is 21.3 Å². The lowest BCUT2D eigenvalue weighted by molar-refractivity contribution is -0.136. The lowest BCUT2D eigenvalue weighted by atomic mass is 10.1. The summed E-state index contributed by atoms with van der Waals surface area (Å²) in [7, 11) is 1.40. The molecule has 1 rings (SSSR count). The fourth-order valence-electron chi connectivity index (χ4n) is 1.30. The molecule has 17 heavy (non-hydrogen) atoms. The van der Waals surface area contributed by atoms with Crippen molar-refractivity contribution in [1.82, 2.24) is 0 Å². The highest BCUT2D eigenvalue weighted by Crippen LogP contribution is 2.21. The maximum atomic E-state index is 10.5. The van der Waals surface area contributed by atoms with E-state index >= 15 is 0 Å². The second-order valence-corrected chi connectivity index (χ2v) is 4.15. The van der Waals surface area contributed by atoms with Crippen molar-refractivity contribution >= 4 is 34.9 Å².